The highest BCUT2D eigenvalue weighted by Crippen LogP contribution is 2.15. The molecule has 2 N–H and O–H groups in total. The third kappa shape index (κ3) is 7.78. The van der Waals surface area contributed by atoms with E-state index in [1.54, 1.807) is 32.9 Å². The van der Waals surface area contributed by atoms with Crippen LogP contribution in [0, 0.1) is 0 Å². The summed E-state index contributed by atoms with van der Waals surface area (Å²) in [5, 5.41) is 5.37. The Labute approximate surface area is 143 Å². The number of ether oxygens (including phenoxy) is 2. The van der Waals surface area contributed by atoms with E-state index in [0.717, 1.165) is 5.56 Å². The van der Waals surface area contributed by atoms with Crippen molar-refractivity contribution in [2.24, 2.45) is 0 Å². The predicted molar refractivity (Wildman–Crippen MR) is 92.6 cm³/mol. The largest absolute Gasteiger partial charge is 0.444 e. The Morgan fingerprint density at radius 1 is 1.08 bits per heavy atom. The number of nitrogens with one attached hydrogen (secondary N) is 2. The van der Waals surface area contributed by atoms with Crippen LogP contribution in [0.1, 0.15) is 32.4 Å². The van der Waals surface area contributed by atoms with E-state index in [9.17, 15) is 9.59 Å². The molecule has 132 valence electrons. The Kier molecular flexibility index (Phi) is 7.98. The van der Waals surface area contributed by atoms with Gasteiger partial charge in [0.05, 0.1) is 0 Å². The second-order valence-electron chi connectivity index (χ2n) is 6.13. The molecule has 1 rings (SSSR count). The van der Waals surface area contributed by atoms with Gasteiger partial charge in [-0.15, -0.1) is 0 Å². The van der Waals surface area contributed by atoms with Gasteiger partial charge in [0.2, 0.25) is 0 Å². The third-order valence-corrected chi connectivity index (χ3v) is 2.90. The van der Waals surface area contributed by atoms with Crippen molar-refractivity contribution in [3.63, 3.8) is 0 Å². The van der Waals surface area contributed by atoms with E-state index < -0.39 is 17.8 Å². The summed E-state index contributed by atoms with van der Waals surface area (Å²) in [6, 6.07) is 9.28. The molecule has 0 unspecified atom stereocenters. The van der Waals surface area contributed by atoms with E-state index >= 15 is 0 Å². The molecular weight excluding hydrogens is 308 g/mol. The minimum Gasteiger partial charge on any atom is -0.444 e. The Hall–Kier alpha value is -2.34. The molecule has 0 aliphatic heterocycles. The molecule has 0 aliphatic carbocycles. The highest BCUT2D eigenvalue weighted by Gasteiger charge is 2.18. The van der Waals surface area contributed by atoms with Crippen molar-refractivity contribution in [3.8, 4) is 0 Å². The normalized spacial score (nSPS) is 12.7. The van der Waals surface area contributed by atoms with Crippen LogP contribution in [-0.4, -0.2) is 37.8 Å². The van der Waals surface area contributed by atoms with Crippen molar-refractivity contribution in [1.29, 1.82) is 0 Å². The van der Waals surface area contributed by atoms with Crippen molar-refractivity contribution in [2.45, 2.75) is 32.5 Å². The summed E-state index contributed by atoms with van der Waals surface area (Å²) >= 11 is 0. The number of rotatable bonds is 7. The van der Waals surface area contributed by atoms with E-state index in [2.05, 4.69) is 10.6 Å². The monoisotopic (exact) mass is 334 g/mol. The van der Waals surface area contributed by atoms with Crippen LogP contribution < -0.4 is 10.6 Å². The first-order valence-corrected chi connectivity index (χ1v) is 7.81. The van der Waals surface area contributed by atoms with Crippen molar-refractivity contribution < 1.29 is 19.1 Å². The summed E-state index contributed by atoms with van der Waals surface area (Å²) in [6.07, 6.45) is 2.39. The van der Waals surface area contributed by atoms with E-state index in [-0.39, 0.29) is 5.91 Å². The van der Waals surface area contributed by atoms with Crippen LogP contribution in [0.25, 0.3) is 0 Å². The fourth-order valence-corrected chi connectivity index (χ4v) is 1.90. The molecule has 0 saturated heterocycles. The van der Waals surface area contributed by atoms with Crippen LogP contribution in [0.5, 0.6) is 0 Å². The molecule has 1 atom stereocenters. The molecule has 0 spiro atoms. The average Bonchev–Trinajstić information content (AvgIpc) is 2.51. The predicted octanol–water partition coefficient (Wildman–Crippen LogP) is 2.57. The summed E-state index contributed by atoms with van der Waals surface area (Å²) < 4.78 is 10.4. The van der Waals surface area contributed by atoms with Crippen LogP contribution in [0.4, 0.5) is 4.79 Å². The van der Waals surface area contributed by atoms with Crippen LogP contribution >= 0.6 is 0 Å². The van der Waals surface area contributed by atoms with E-state index in [0.29, 0.717) is 13.1 Å². The van der Waals surface area contributed by atoms with Gasteiger partial charge in [-0.3, -0.25) is 4.79 Å². The SMILES string of the molecule is CO[C@H](C(=O)NC/C=C/CNC(=O)OC(C)(C)C)c1ccccc1. The zero-order chi connectivity index (χ0) is 18.0. The van der Waals surface area contributed by atoms with Crippen LogP contribution in [0.15, 0.2) is 42.5 Å². The Balaban J connectivity index is 2.31. The number of hydrogen-bond acceptors (Lipinski definition) is 4. The third-order valence-electron chi connectivity index (χ3n) is 2.90. The summed E-state index contributed by atoms with van der Waals surface area (Å²) in [7, 11) is 1.50. The van der Waals surface area contributed by atoms with Crippen molar-refractivity contribution in [3.05, 3.63) is 48.0 Å². The second-order valence-corrected chi connectivity index (χ2v) is 6.13. The maximum atomic E-state index is 12.1. The van der Waals surface area contributed by atoms with Crippen LogP contribution in [-0.2, 0) is 14.3 Å². The molecule has 6 heteroatoms. The lowest BCUT2D eigenvalue weighted by atomic mass is 10.1. The van der Waals surface area contributed by atoms with Gasteiger partial charge in [0, 0.05) is 20.2 Å². The molecule has 24 heavy (non-hydrogen) atoms. The fraction of sp³-hybridized carbons (Fsp3) is 0.444. The maximum absolute atomic E-state index is 12.1. The molecule has 0 fully saturated rings. The average molecular weight is 334 g/mol. The number of hydrogen-bond donors (Lipinski definition) is 2. The lowest BCUT2D eigenvalue weighted by Crippen LogP contribution is -2.32. The summed E-state index contributed by atoms with van der Waals surface area (Å²) in [5.74, 6) is -0.214. The molecule has 6 nitrogen and oxygen atoms in total. The van der Waals surface area contributed by atoms with Gasteiger partial charge in [0.25, 0.3) is 5.91 Å². The van der Waals surface area contributed by atoms with Gasteiger partial charge in [-0.25, -0.2) is 4.79 Å². The molecule has 0 heterocycles. The van der Waals surface area contributed by atoms with Gasteiger partial charge < -0.3 is 20.1 Å². The second kappa shape index (κ2) is 9.72. The number of methoxy groups -OCH3 is 1. The fourth-order valence-electron chi connectivity index (χ4n) is 1.90. The summed E-state index contributed by atoms with van der Waals surface area (Å²) in [5.41, 5.74) is 0.280. The first-order chi connectivity index (χ1) is 11.3. The van der Waals surface area contributed by atoms with Crippen molar-refractivity contribution >= 4 is 12.0 Å². The molecule has 0 aromatic heterocycles. The van der Waals surface area contributed by atoms with Crippen molar-refractivity contribution in [2.75, 3.05) is 20.2 Å². The molecule has 1 aromatic rings. The van der Waals surface area contributed by atoms with E-state index in [1.165, 1.54) is 7.11 Å². The molecule has 0 aliphatic rings. The molecular formula is C18H26N2O4. The van der Waals surface area contributed by atoms with E-state index in [1.807, 2.05) is 30.3 Å². The zero-order valence-electron chi connectivity index (χ0n) is 14.7. The van der Waals surface area contributed by atoms with E-state index in [4.69, 9.17) is 9.47 Å². The van der Waals surface area contributed by atoms with Crippen LogP contribution in [0.2, 0.25) is 0 Å². The number of alkyl carbamates (subject to hydrolysis) is 1. The molecule has 1 aromatic carbocycles. The number of carbonyl (C=O) groups excluding carboxylic acids is 2. The first kappa shape index (κ1) is 19.7. The standard InChI is InChI=1S/C18H26N2O4/c1-18(2,3)24-17(22)20-13-9-8-12-19-16(21)15(23-4)14-10-6-5-7-11-14/h5-11,15H,12-13H2,1-4H3,(H,19,21)(H,20,22)/b9-8+/t15-/m0/s1. The first-order valence-electron chi connectivity index (χ1n) is 7.81. The van der Waals surface area contributed by atoms with Crippen molar-refractivity contribution in [1.82, 2.24) is 10.6 Å². The molecule has 0 bridgehead atoms. The summed E-state index contributed by atoms with van der Waals surface area (Å²) in [6.45, 7) is 6.09. The zero-order valence-corrected chi connectivity index (χ0v) is 14.7. The molecule has 0 radical (unpaired) electrons. The van der Waals surface area contributed by atoms with Gasteiger partial charge >= 0.3 is 6.09 Å². The number of carbonyl (C=O) groups is 2. The Morgan fingerprint density at radius 2 is 1.67 bits per heavy atom. The maximum Gasteiger partial charge on any atom is 0.407 e. The lowest BCUT2D eigenvalue weighted by Gasteiger charge is -2.19. The smallest absolute Gasteiger partial charge is 0.407 e. The lowest BCUT2D eigenvalue weighted by molar-refractivity contribution is -0.131. The quantitative estimate of drug-likeness (QED) is 0.752. The van der Waals surface area contributed by atoms with Gasteiger partial charge in [-0.05, 0) is 26.3 Å². The topological polar surface area (TPSA) is 76.7 Å². The minimum absolute atomic E-state index is 0.214. The Bertz CT molecular complexity index is 550. The highest BCUT2D eigenvalue weighted by atomic mass is 16.6. The number of amides is 2. The van der Waals surface area contributed by atoms with Gasteiger partial charge in [-0.1, -0.05) is 42.5 Å². The highest BCUT2D eigenvalue weighted by molar-refractivity contribution is 5.82. The minimum atomic E-state index is -0.639. The molecule has 2 amide bonds. The van der Waals surface area contributed by atoms with Crippen LogP contribution in [0.3, 0.4) is 0 Å². The van der Waals surface area contributed by atoms with Gasteiger partial charge in [0.15, 0.2) is 6.10 Å². The Morgan fingerprint density at radius 3 is 2.21 bits per heavy atom. The van der Waals surface area contributed by atoms with Gasteiger partial charge in [-0.2, -0.15) is 0 Å². The van der Waals surface area contributed by atoms with Gasteiger partial charge in [0.1, 0.15) is 5.60 Å². The number of benzene rings is 1. The summed E-state index contributed by atoms with van der Waals surface area (Å²) in [4.78, 5) is 23.5. The molecule has 0 saturated carbocycles.